The SMILES string of the molecule is CNCc1ccccc1-c1csc([C@@H](C)Nc2nc(C)nc3c2cc(O[C@H]2CCOC2)c(=O)n3C)c1. The van der Waals surface area contributed by atoms with Gasteiger partial charge in [0.1, 0.15) is 23.4 Å². The van der Waals surface area contributed by atoms with Gasteiger partial charge in [-0.05, 0) is 49.0 Å². The number of benzene rings is 1. The van der Waals surface area contributed by atoms with Crippen LogP contribution < -0.4 is 20.9 Å². The van der Waals surface area contributed by atoms with Gasteiger partial charge in [-0.3, -0.25) is 9.36 Å². The molecule has 4 aromatic rings. The summed E-state index contributed by atoms with van der Waals surface area (Å²) in [6.07, 6.45) is 0.651. The quantitative estimate of drug-likeness (QED) is 0.366. The Morgan fingerprint density at radius 1 is 1.28 bits per heavy atom. The maximum atomic E-state index is 13.0. The highest BCUT2D eigenvalue weighted by molar-refractivity contribution is 7.10. The van der Waals surface area contributed by atoms with Gasteiger partial charge in [-0.1, -0.05) is 24.3 Å². The second-order valence-corrected chi connectivity index (χ2v) is 10.1. The van der Waals surface area contributed by atoms with Gasteiger partial charge in [-0.15, -0.1) is 11.3 Å². The van der Waals surface area contributed by atoms with Crippen molar-refractivity contribution in [3.63, 3.8) is 0 Å². The number of anilines is 1. The Balaban J connectivity index is 1.47. The molecule has 0 aliphatic carbocycles. The molecule has 0 saturated carbocycles. The van der Waals surface area contributed by atoms with Gasteiger partial charge in [0.15, 0.2) is 5.75 Å². The topological polar surface area (TPSA) is 90.3 Å². The standard InChI is InChI=1S/C27H31N5O3S/c1-16(24-11-19(15-36-24)21-8-6-5-7-18(21)13-28-3)29-25-22-12-23(35-20-9-10-34-14-20)27(33)32(4)26(22)31-17(2)30-25/h5-8,11-12,15-16,20,28H,9-10,13-14H2,1-4H3,(H,29,30,31)/t16-,20+/m1/s1. The van der Waals surface area contributed by atoms with Crippen LogP contribution in [0.3, 0.4) is 0 Å². The Hall–Kier alpha value is -3.27. The molecule has 2 N–H and O–H groups in total. The monoisotopic (exact) mass is 505 g/mol. The van der Waals surface area contributed by atoms with Crippen LogP contribution in [0.15, 0.2) is 46.6 Å². The van der Waals surface area contributed by atoms with Crippen LogP contribution in [-0.2, 0) is 18.3 Å². The zero-order valence-corrected chi connectivity index (χ0v) is 21.8. The lowest BCUT2D eigenvalue weighted by molar-refractivity contribution is 0.140. The summed E-state index contributed by atoms with van der Waals surface area (Å²) in [6, 6.07) is 12.5. The van der Waals surface area contributed by atoms with Crippen LogP contribution in [0, 0.1) is 6.92 Å². The van der Waals surface area contributed by atoms with Crippen molar-refractivity contribution in [3.05, 3.63) is 68.4 Å². The largest absolute Gasteiger partial charge is 0.482 e. The van der Waals surface area contributed by atoms with Crippen LogP contribution in [0.5, 0.6) is 5.75 Å². The van der Waals surface area contributed by atoms with Crippen molar-refractivity contribution >= 4 is 28.2 Å². The minimum absolute atomic E-state index is 0.00236. The first-order chi connectivity index (χ1) is 17.4. The summed E-state index contributed by atoms with van der Waals surface area (Å²) >= 11 is 1.72. The number of thiophene rings is 1. The molecular formula is C27H31N5O3S. The van der Waals surface area contributed by atoms with Crippen molar-refractivity contribution in [2.45, 2.75) is 39.0 Å². The van der Waals surface area contributed by atoms with Gasteiger partial charge in [0, 0.05) is 31.0 Å². The van der Waals surface area contributed by atoms with E-state index in [1.54, 1.807) is 24.5 Å². The van der Waals surface area contributed by atoms with Gasteiger partial charge in [0.25, 0.3) is 5.56 Å². The van der Waals surface area contributed by atoms with E-state index in [2.05, 4.69) is 58.3 Å². The summed E-state index contributed by atoms with van der Waals surface area (Å²) in [4.78, 5) is 23.4. The number of nitrogens with zero attached hydrogens (tertiary/aromatic N) is 3. The highest BCUT2D eigenvalue weighted by Crippen LogP contribution is 2.34. The predicted octanol–water partition coefficient (Wildman–Crippen LogP) is 4.43. The van der Waals surface area contributed by atoms with E-state index < -0.39 is 0 Å². The molecule has 3 aromatic heterocycles. The van der Waals surface area contributed by atoms with Gasteiger partial charge in [0.05, 0.1) is 24.6 Å². The first kappa shape index (κ1) is 24.4. The molecule has 1 aliphatic heterocycles. The van der Waals surface area contributed by atoms with Crippen LogP contribution in [0.2, 0.25) is 0 Å². The highest BCUT2D eigenvalue weighted by atomic mass is 32.1. The smallest absolute Gasteiger partial charge is 0.294 e. The molecular weight excluding hydrogens is 474 g/mol. The lowest BCUT2D eigenvalue weighted by Gasteiger charge is -2.18. The van der Waals surface area contributed by atoms with Crippen molar-refractivity contribution in [2.75, 3.05) is 25.6 Å². The third-order valence-electron chi connectivity index (χ3n) is 6.42. The molecule has 188 valence electrons. The summed E-state index contributed by atoms with van der Waals surface area (Å²) in [5, 5.41) is 9.76. The molecule has 0 bridgehead atoms. The number of aryl methyl sites for hydroxylation is 2. The fourth-order valence-electron chi connectivity index (χ4n) is 4.53. The first-order valence-corrected chi connectivity index (χ1v) is 13.0. The Kier molecular flexibility index (Phi) is 7.04. The Bertz CT molecular complexity index is 1440. The molecule has 0 unspecified atom stereocenters. The van der Waals surface area contributed by atoms with E-state index in [1.165, 1.54) is 26.1 Å². The van der Waals surface area contributed by atoms with Crippen molar-refractivity contribution in [1.82, 2.24) is 19.9 Å². The Morgan fingerprint density at radius 2 is 2.11 bits per heavy atom. The number of hydrogen-bond donors (Lipinski definition) is 2. The van der Waals surface area contributed by atoms with E-state index in [0.717, 1.165) is 18.4 Å². The van der Waals surface area contributed by atoms with E-state index in [-0.39, 0.29) is 17.7 Å². The molecule has 0 amide bonds. The number of pyridine rings is 1. The van der Waals surface area contributed by atoms with Crippen LogP contribution in [0.1, 0.15) is 35.7 Å². The molecule has 8 nitrogen and oxygen atoms in total. The van der Waals surface area contributed by atoms with E-state index in [4.69, 9.17) is 14.5 Å². The minimum Gasteiger partial charge on any atom is -0.482 e. The van der Waals surface area contributed by atoms with E-state index in [0.29, 0.717) is 36.3 Å². The predicted molar refractivity (Wildman–Crippen MR) is 144 cm³/mol. The summed E-state index contributed by atoms with van der Waals surface area (Å²) in [7, 11) is 3.68. The third kappa shape index (κ3) is 4.86. The van der Waals surface area contributed by atoms with Crippen molar-refractivity contribution in [1.29, 1.82) is 0 Å². The normalized spacial score (nSPS) is 16.4. The maximum Gasteiger partial charge on any atom is 0.294 e. The zero-order valence-electron chi connectivity index (χ0n) is 21.0. The average molecular weight is 506 g/mol. The van der Waals surface area contributed by atoms with Crippen LogP contribution >= 0.6 is 11.3 Å². The number of hydrogen-bond acceptors (Lipinski definition) is 8. The third-order valence-corrected chi connectivity index (χ3v) is 7.54. The molecule has 4 heterocycles. The van der Waals surface area contributed by atoms with E-state index >= 15 is 0 Å². The molecule has 1 fully saturated rings. The average Bonchev–Trinajstić information content (AvgIpc) is 3.56. The molecule has 0 radical (unpaired) electrons. The fraction of sp³-hybridized carbons (Fsp3) is 0.370. The second-order valence-electron chi connectivity index (χ2n) is 9.12. The van der Waals surface area contributed by atoms with Crippen LogP contribution in [-0.4, -0.2) is 40.9 Å². The molecule has 0 spiro atoms. The number of aromatic nitrogens is 3. The molecule has 1 saturated heterocycles. The van der Waals surface area contributed by atoms with Gasteiger partial charge < -0.3 is 20.1 Å². The van der Waals surface area contributed by atoms with Gasteiger partial charge in [-0.25, -0.2) is 9.97 Å². The van der Waals surface area contributed by atoms with Crippen molar-refractivity contribution in [3.8, 4) is 16.9 Å². The Labute approximate surface area is 214 Å². The highest BCUT2D eigenvalue weighted by Gasteiger charge is 2.22. The number of nitrogens with one attached hydrogen (secondary N) is 2. The summed E-state index contributed by atoms with van der Waals surface area (Å²) in [5.74, 6) is 1.57. The summed E-state index contributed by atoms with van der Waals surface area (Å²) < 4.78 is 13.0. The van der Waals surface area contributed by atoms with Gasteiger partial charge in [-0.2, -0.15) is 0 Å². The van der Waals surface area contributed by atoms with Crippen LogP contribution in [0.25, 0.3) is 22.2 Å². The number of ether oxygens (including phenoxy) is 2. The lowest BCUT2D eigenvalue weighted by Crippen LogP contribution is -2.25. The van der Waals surface area contributed by atoms with Gasteiger partial charge >= 0.3 is 0 Å². The summed E-state index contributed by atoms with van der Waals surface area (Å²) in [6.45, 7) is 5.91. The molecule has 2 atom stereocenters. The summed E-state index contributed by atoms with van der Waals surface area (Å²) in [5.41, 5.74) is 4.07. The van der Waals surface area contributed by atoms with Crippen molar-refractivity contribution in [2.24, 2.45) is 7.05 Å². The molecule has 36 heavy (non-hydrogen) atoms. The van der Waals surface area contributed by atoms with Crippen molar-refractivity contribution < 1.29 is 9.47 Å². The first-order valence-electron chi connectivity index (χ1n) is 12.1. The van der Waals surface area contributed by atoms with E-state index in [9.17, 15) is 4.79 Å². The fourth-order valence-corrected chi connectivity index (χ4v) is 5.45. The maximum absolute atomic E-state index is 13.0. The number of rotatable bonds is 8. The molecule has 5 rings (SSSR count). The van der Waals surface area contributed by atoms with Gasteiger partial charge in [0.2, 0.25) is 0 Å². The molecule has 9 heteroatoms. The number of fused-ring (bicyclic) bond motifs is 1. The minimum atomic E-state index is -0.213. The molecule has 1 aromatic carbocycles. The lowest BCUT2D eigenvalue weighted by atomic mass is 10.0. The zero-order chi connectivity index (χ0) is 25.2. The van der Waals surface area contributed by atoms with E-state index in [1.807, 2.05) is 14.0 Å². The Morgan fingerprint density at radius 3 is 2.89 bits per heavy atom. The second kappa shape index (κ2) is 10.4. The molecule has 1 aliphatic rings. The van der Waals surface area contributed by atoms with Crippen LogP contribution in [0.4, 0.5) is 5.82 Å².